The van der Waals surface area contributed by atoms with Crippen molar-refractivity contribution in [1.82, 2.24) is 15.1 Å². The number of aliphatic hydroxyl groups is 1. The maximum absolute atomic E-state index is 12.1. The molecule has 2 fully saturated rings. The van der Waals surface area contributed by atoms with Crippen molar-refractivity contribution < 1.29 is 9.90 Å². The fraction of sp³-hybridized carbons (Fsp3) is 0.938. The van der Waals surface area contributed by atoms with Crippen molar-refractivity contribution in [3.8, 4) is 0 Å². The van der Waals surface area contributed by atoms with Crippen molar-refractivity contribution in [3.05, 3.63) is 0 Å². The summed E-state index contributed by atoms with van der Waals surface area (Å²) in [5.41, 5.74) is 0. The third-order valence-electron chi connectivity index (χ3n) is 4.46. The SMILES string of the molecule is CC1CC(C)CN(CCCNC(=O)N(CCO)C2CC2)C1. The van der Waals surface area contributed by atoms with Crippen LogP contribution in [0.5, 0.6) is 0 Å². The number of urea groups is 1. The van der Waals surface area contributed by atoms with E-state index >= 15 is 0 Å². The molecule has 1 saturated heterocycles. The Balaban J connectivity index is 1.61. The summed E-state index contributed by atoms with van der Waals surface area (Å²) < 4.78 is 0. The Bertz CT molecular complexity index is 323. The van der Waals surface area contributed by atoms with Crippen molar-refractivity contribution in [3.63, 3.8) is 0 Å². The van der Waals surface area contributed by atoms with E-state index in [2.05, 4.69) is 24.1 Å². The van der Waals surface area contributed by atoms with Crippen molar-refractivity contribution in [2.24, 2.45) is 11.8 Å². The van der Waals surface area contributed by atoms with Crippen LogP contribution in [0.1, 0.15) is 39.5 Å². The molecule has 5 heteroatoms. The Morgan fingerprint density at radius 2 is 1.95 bits per heavy atom. The molecule has 5 nitrogen and oxygen atoms in total. The van der Waals surface area contributed by atoms with Gasteiger partial charge in [0, 0.05) is 32.2 Å². The highest BCUT2D eigenvalue weighted by Gasteiger charge is 2.31. The number of rotatable bonds is 7. The van der Waals surface area contributed by atoms with Crippen LogP contribution in [-0.4, -0.2) is 66.3 Å². The molecule has 2 amide bonds. The van der Waals surface area contributed by atoms with Crippen LogP contribution in [0.15, 0.2) is 0 Å². The molecule has 1 heterocycles. The molecular formula is C16H31N3O2. The lowest BCUT2D eigenvalue weighted by atomic mass is 9.92. The molecule has 0 radical (unpaired) electrons. The van der Waals surface area contributed by atoms with Crippen LogP contribution in [0.25, 0.3) is 0 Å². The minimum absolute atomic E-state index is 0.00747. The summed E-state index contributed by atoms with van der Waals surface area (Å²) in [5.74, 6) is 1.58. The van der Waals surface area contributed by atoms with E-state index in [9.17, 15) is 4.79 Å². The Morgan fingerprint density at radius 3 is 2.52 bits per heavy atom. The van der Waals surface area contributed by atoms with Crippen LogP contribution in [0.2, 0.25) is 0 Å². The van der Waals surface area contributed by atoms with Crippen LogP contribution in [0.4, 0.5) is 4.79 Å². The first-order valence-electron chi connectivity index (χ1n) is 8.47. The third kappa shape index (κ3) is 5.47. The lowest BCUT2D eigenvalue weighted by Gasteiger charge is -2.35. The Morgan fingerprint density at radius 1 is 1.29 bits per heavy atom. The summed E-state index contributed by atoms with van der Waals surface area (Å²) in [4.78, 5) is 16.4. The molecule has 0 aromatic rings. The fourth-order valence-electron chi connectivity index (χ4n) is 3.52. The highest BCUT2D eigenvalue weighted by Crippen LogP contribution is 2.26. The third-order valence-corrected chi connectivity index (χ3v) is 4.46. The van der Waals surface area contributed by atoms with E-state index in [0.29, 0.717) is 12.6 Å². The van der Waals surface area contributed by atoms with Gasteiger partial charge in [0.2, 0.25) is 0 Å². The first-order valence-corrected chi connectivity index (χ1v) is 8.47. The lowest BCUT2D eigenvalue weighted by Crippen LogP contribution is -2.44. The van der Waals surface area contributed by atoms with Crippen molar-refractivity contribution in [2.45, 2.75) is 45.6 Å². The molecule has 0 aromatic carbocycles. The zero-order chi connectivity index (χ0) is 15.2. The van der Waals surface area contributed by atoms with Gasteiger partial charge in [-0.2, -0.15) is 0 Å². The number of hydrogen-bond acceptors (Lipinski definition) is 3. The number of piperidine rings is 1. The smallest absolute Gasteiger partial charge is 0.317 e. The molecule has 2 unspecified atom stereocenters. The number of aliphatic hydroxyl groups excluding tert-OH is 1. The van der Waals surface area contributed by atoms with Gasteiger partial charge in [-0.3, -0.25) is 0 Å². The number of carbonyl (C=O) groups excluding carboxylic acids is 1. The number of amides is 2. The van der Waals surface area contributed by atoms with E-state index in [4.69, 9.17) is 5.11 Å². The van der Waals surface area contributed by atoms with Crippen molar-refractivity contribution >= 4 is 6.03 Å². The van der Waals surface area contributed by atoms with E-state index in [1.807, 2.05) is 0 Å². The molecule has 2 atom stereocenters. The van der Waals surface area contributed by atoms with E-state index in [1.165, 1.54) is 19.5 Å². The topological polar surface area (TPSA) is 55.8 Å². The maximum Gasteiger partial charge on any atom is 0.317 e. The second kappa shape index (κ2) is 7.99. The monoisotopic (exact) mass is 297 g/mol. The average Bonchev–Trinajstić information content (AvgIpc) is 3.24. The summed E-state index contributed by atoms with van der Waals surface area (Å²) >= 11 is 0. The van der Waals surface area contributed by atoms with Gasteiger partial charge in [0.15, 0.2) is 0 Å². The summed E-state index contributed by atoms with van der Waals surface area (Å²) in [6, 6.07) is 0.355. The van der Waals surface area contributed by atoms with Crippen LogP contribution in [-0.2, 0) is 0 Å². The zero-order valence-electron chi connectivity index (χ0n) is 13.6. The highest BCUT2D eigenvalue weighted by molar-refractivity contribution is 5.74. The second-order valence-corrected chi connectivity index (χ2v) is 6.94. The minimum atomic E-state index is -0.00747. The first kappa shape index (κ1) is 16.6. The van der Waals surface area contributed by atoms with Crippen LogP contribution >= 0.6 is 0 Å². The molecule has 2 N–H and O–H groups in total. The number of likely N-dealkylation sites (tertiary alicyclic amines) is 1. The standard InChI is InChI=1S/C16H31N3O2/c1-13-10-14(2)12-18(11-13)7-3-6-17-16(21)19(8-9-20)15-4-5-15/h13-15,20H,3-12H2,1-2H3,(H,17,21). The van der Waals surface area contributed by atoms with Gasteiger partial charge in [0.1, 0.15) is 0 Å². The van der Waals surface area contributed by atoms with Crippen molar-refractivity contribution in [1.29, 1.82) is 0 Å². The molecule has 0 aromatic heterocycles. The Labute approximate surface area is 128 Å². The van der Waals surface area contributed by atoms with Crippen LogP contribution in [0.3, 0.4) is 0 Å². The fourth-order valence-corrected chi connectivity index (χ4v) is 3.52. The summed E-state index contributed by atoms with van der Waals surface area (Å²) in [6.07, 6.45) is 4.50. The molecule has 2 rings (SSSR count). The molecule has 1 aliphatic carbocycles. The molecule has 2 aliphatic rings. The highest BCUT2D eigenvalue weighted by atomic mass is 16.3. The molecule has 0 spiro atoms. The summed E-state index contributed by atoms with van der Waals surface area (Å²) in [6.45, 7) is 9.34. The van der Waals surface area contributed by atoms with E-state index < -0.39 is 0 Å². The van der Waals surface area contributed by atoms with E-state index in [0.717, 1.165) is 44.2 Å². The van der Waals surface area contributed by atoms with Gasteiger partial charge in [0.25, 0.3) is 0 Å². The normalized spacial score (nSPS) is 26.6. The van der Waals surface area contributed by atoms with Gasteiger partial charge >= 0.3 is 6.03 Å². The van der Waals surface area contributed by atoms with Gasteiger partial charge in [-0.25, -0.2) is 4.79 Å². The van der Waals surface area contributed by atoms with E-state index in [1.54, 1.807) is 4.90 Å². The van der Waals surface area contributed by atoms with Gasteiger partial charge < -0.3 is 20.2 Å². The van der Waals surface area contributed by atoms with Gasteiger partial charge in [-0.1, -0.05) is 13.8 Å². The van der Waals surface area contributed by atoms with Gasteiger partial charge in [-0.05, 0) is 44.1 Å². The van der Waals surface area contributed by atoms with Crippen molar-refractivity contribution in [2.75, 3.05) is 39.3 Å². The molecule has 1 saturated carbocycles. The molecule has 0 bridgehead atoms. The number of carbonyl (C=O) groups is 1. The Kier molecular flexibility index (Phi) is 6.30. The Hall–Kier alpha value is -0.810. The molecular weight excluding hydrogens is 266 g/mol. The summed E-state index contributed by atoms with van der Waals surface area (Å²) in [7, 11) is 0. The maximum atomic E-state index is 12.1. The van der Waals surface area contributed by atoms with Crippen LogP contribution in [0, 0.1) is 11.8 Å². The van der Waals surface area contributed by atoms with Crippen LogP contribution < -0.4 is 5.32 Å². The number of nitrogens with one attached hydrogen (secondary N) is 1. The molecule has 122 valence electrons. The van der Waals surface area contributed by atoms with Gasteiger partial charge in [0.05, 0.1) is 6.61 Å². The average molecular weight is 297 g/mol. The predicted octanol–water partition coefficient (Wildman–Crippen LogP) is 1.52. The molecule has 1 aliphatic heterocycles. The number of nitrogens with zero attached hydrogens (tertiary/aromatic N) is 2. The largest absolute Gasteiger partial charge is 0.395 e. The quantitative estimate of drug-likeness (QED) is 0.701. The summed E-state index contributed by atoms with van der Waals surface area (Å²) in [5, 5.41) is 12.0. The first-order chi connectivity index (χ1) is 10.1. The van der Waals surface area contributed by atoms with Gasteiger partial charge in [-0.15, -0.1) is 0 Å². The minimum Gasteiger partial charge on any atom is -0.395 e. The lowest BCUT2D eigenvalue weighted by molar-refractivity contribution is 0.138. The zero-order valence-corrected chi connectivity index (χ0v) is 13.6. The predicted molar refractivity (Wildman–Crippen MR) is 84.2 cm³/mol. The van der Waals surface area contributed by atoms with E-state index in [-0.39, 0.29) is 12.6 Å². The molecule has 21 heavy (non-hydrogen) atoms. The number of hydrogen-bond donors (Lipinski definition) is 2. The second-order valence-electron chi connectivity index (χ2n) is 6.94.